The van der Waals surface area contributed by atoms with Gasteiger partial charge in [-0.15, -0.1) is 0 Å². The molecule has 0 fully saturated rings. The van der Waals surface area contributed by atoms with Crippen LogP contribution in [0.3, 0.4) is 0 Å². The minimum atomic E-state index is -0.390. The van der Waals surface area contributed by atoms with Gasteiger partial charge in [-0.25, -0.2) is 4.39 Å². The molecule has 3 N–H and O–H groups in total. The summed E-state index contributed by atoms with van der Waals surface area (Å²) in [5, 5.41) is 4.37. The Morgan fingerprint density at radius 1 is 1.07 bits per heavy atom. The van der Waals surface area contributed by atoms with E-state index in [9.17, 15) is 14.0 Å². The fourth-order valence-electron chi connectivity index (χ4n) is 3.75. The number of hydrogen-bond acceptors (Lipinski definition) is 2. The van der Waals surface area contributed by atoms with E-state index >= 15 is 0 Å². The predicted octanol–water partition coefficient (Wildman–Crippen LogP) is 4.05. The van der Waals surface area contributed by atoms with Gasteiger partial charge in [0.05, 0.1) is 11.1 Å². The molecule has 0 bridgehead atoms. The van der Waals surface area contributed by atoms with Crippen LogP contribution >= 0.6 is 0 Å². The van der Waals surface area contributed by atoms with Crippen molar-refractivity contribution in [3.63, 3.8) is 0 Å². The first-order valence-corrected chi connectivity index (χ1v) is 9.53. The average Bonchev–Trinajstić information content (AvgIpc) is 3.01. The van der Waals surface area contributed by atoms with Crippen LogP contribution < -0.4 is 10.9 Å². The van der Waals surface area contributed by atoms with Crippen LogP contribution in [0.1, 0.15) is 32.7 Å². The van der Waals surface area contributed by atoms with E-state index in [1.54, 1.807) is 13.0 Å². The van der Waals surface area contributed by atoms with E-state index in [1.807, 2.05) is 32.0 Å². The van der Waals surface area contributed by atoms with Crippen LogP contribution in [0.25, 0.3) is 21.8 Å². The zero-order valence-corrected chi connectivity index (χ0v) is 16.6. The van der Waals surface area contributed by atoms with E-state index in [0.717, 1.165) is 22.0 Å². The summed E-state index contributed by atoms with van der Waals surface area (Å²) in [6, 6.07) is 10.2. The van der Waals surface area contributed by atoms with E-state index in [-0.39, 0.29) is 11.5 Å². The molecule has 148 valence electrons. The zero-order chi connectivity index (χ0) is 20.7. The van der Waals surface area contributed by atoms with Crippen molar-refractivity contribution in [3.8, 4) is 0 Å². The van der Waals surface area contributed by atoms with Crippen LogP contribution in [-0.2, 0) is 6.42 Å². The van der Waals surface area contributed by atoms with Crippen LogP contribution in [-0.4, -0.2) is 22.4 Å². The number of H-pyrrole nitrogens is 2. The molecular weight excluding hydrogens is 369 g/mol. The highest BCUT2D eigenvalue weighted by Gasteiger charge is 2.16. The first-order chi connectivity index (χ1) is 13.8. The van der Waals surface area contributed by atoms with Gasteiger partial charge in [-0.3, -0.25) is 9.59 Å². The van der Waals surface area contributed by atoms with Gasteiger partial charge in [0.25, 0.3) is 11.5 Å². The second-order valence-electron chi connectivity index (χ2n) is 7.42. The van der Waals surface area contributed by atoms with Gasteiger partial charge in [-0.2, -0.15) is 0 Å². The van der Waals surface area contributed by atoms with Crippen molar-refractivity contribution in [1.29, 1.82) is 0 Å². The number of amides is 1. The number of aryl methyl sites for hydroxylation is 3. The SMILES string of the molecule is Cc1ccc2cc(CCNC(=O)c3c(C)[nH]c4ccc(F)cc34)c(=O)[nH]c2c1C. The predicted molar refractivity (Wildman–Crippen MR) is 113 cm³/mol. The first kappa shape index (κ1) is 18.9. The van der Waals surface area contributed by atoms with Gasteiger partial charge in [0.2, 0.25) is 0 Å². The Kier molecular flexibility index (Phi) is 4.70. The van der Waals surface area contributed by atoms with E-state index in [0.29, 0.717) is 40.7 Å². The number of aromatic amines is 2. The van der Waals surface area contributed by atoms with Crippen molar-refractivity contribution < 1.29 is 9.18 Å². The van der Waals surface area contributed by atoms with Crippen LogP contribution in [0, 0.1) is 26.6 Å². The van der Waals surface area contributed by atoms with Crippen molar-refractivity contribution in [2.45, 2.75) is 27.2 Å². The van der Waals surface area contributed by atoms with E-state index in [4.69, 9.17) is 0 Å². The molecular formula is C23H22FN3O2. The summed E-state index contributed by atoms with van der Waals surface area (Å²) in [5.41, 5.74) is 5.31. The second kappa shape index (κ2) is 7.20. The number of fused-ring (bicyclic) bond motifs is 2. The van der Waals surface area contributed by atoms with Crippen LogP contribution in [0.5, 0.6) is 0 Å². The Hall–Kier alpha value is -3.41. The summed E-state index contributed by atoms with van der Waals surface area (Å²) in [7, 11) is 0. The maximum atomic E-state index is 13.6. The quantitative estimate of drug-likeness (QED) is 0.491. The van der Waals surface area contributed by atoms with Crippen molar-refractivity contribution >= 4 is 27.7 Å². The number of pyridine rings is 1. The van der Waals surface area contributed by atoms with Gasteiger partial charge in [0.15, 0.2) is 0 Å². The Morgan fingerprint density at radius 2 is 1.86 bits per heavy atom. The molecule has 0 aliphatic heterocycles. The van der Waals surface area contributed by atoms with Crippen molar-refractivity contribution in [2.24, 2.45) is 0 Å². The molecule has 0 saturated carbocycles. The highest BCUT2D eigenvalue weighted by Crippen LogP contribution is 2.23. The second-order valence-corrected chi connectivity index (χ2v) is 7.42. The summed E-state index contributed by atoms with van der Waals surface area (Å²) in [6.45, 7) is 6.08. The molecule has 0 atom stereocenters. The number of carbonyl (C=O) groups excluding carboxylic acids is 1. The molecule has 0 saturated heterocycles. The molecule has 0 aliphatic rings. The Labute approximate surface area is 167 Å². The summed E-state index contributed by atoms with van der Waals surface area (Å²) >= 11 is 0. The first-order valence-electron chi connectivity index (χ1n) is 9.53. The molecule has 2 aromatic carbocycles. The van der Waals surface area contributed by atoms with Crippen molar-refractivity contribution in [3.05, 3.63) is 80.5 Å². The van der Waals surface area contributed by atoms with Crippen LogP contribution in [0.15, 0.2) is 41.2 Å². The third-order valence-electron chi connectivity index (χ3n) is 5.48. The number of rotatable bonds is 4. The molecule has 4 rings (SSSR count). The maximum absolute atomic E-state index is 13.6. The summed E-state index contributed by atoms with van der Waals surface area (Å²) in [6.07, 6.45) is 0.402. The number of aromatic nitrogens is 2. The lowest BCUT2D eigenvalue weighted by Crippen LogP contribution is -2.27. The van der Waals surface area contributed by atoms with Crippen molar-refractivity contribution in [2.75, 3.05) is 6.54 Å². The van der Waals surface area contributed by atoms with Crippen LogP contribution in [0.4, 0.5) is 4.39 Å². The maximum Gasteiger partial charge on any atom is 0.253 e. The Morgan fingerprint density at radius 3 is 2.66 bits per heavy atom. The van der Waals surface area contributed by atoms with E-state index in [2.05, 4.69) is 15.3 Å². The molecule has 5 nitrogen and oxygen atoms in total. The number of hydrogen-bond donors (Lipinski definition) is 3. The average molecular weight is 391 g/mol. The minimum absolute atomic E-state index is 0.147. The van der Waals surface area contributed by atoms with Gasteiger partial charge >= 0.3 is 0 Å². The Bertz CT molecular complexity index is 1320. The normalized spacial score (nSPS) is 11.3. The largest absolute Gasteiger partial charge is 0.358 e. The molecule has 29 heavy (non-hydrogen) atoms. The molecule has 0 radical (unpaired) electrons. The third-order valence-corrected chi connectivity index (χ3v) is 5.48. The topological polar surface area (TPSA) is 77.8 Å². The number of carbonyl (C=O) groups is 1. The molecule has 4 aromatic rings. The molecule has 2 aromatic heterocycles. The van der Waals surface area contributed by atoms with Gasteiger partial charge in [0.1, 0.15) is 5.82 Å². The highest BCUT2D eigenvalue weighted by molar-refractivity contribution is 6.08. The third kappa shape index (κ3) is 3.42. The number of nitrogens with one attached hydrogen (secondary N) is 3. The zero-order valence-electron chi connectivity index (χ0n) is 16.6. The van der Waals surface area contributed by atoms with Gasteiger partial charge in [-0.05, 0) is 68.0 Å². The van der Waals surface area contributed by atoms with E-state index < -0.39 is 5.82 Å². The van der Waals surface area contributed by atoms with Gasteiger partial charge < -0.3 is 15.3 Å². The van der Waals surface area contributed by atoms with E-state index in [1.165, 1.54) is 12.1 Å². The molecule has 0 aliphatic carbocycles. The fourth-order valence-corrected chi connectivity index (χ4v) is 3.75. The highest BCUT2D eigenvalue weighted by atomic mass is 19.1. The van der Waals surface area contributed by atoms with Crippen LogP contribution in [0.2, 0.25) is 0 Å². The minimum Gasteiger partial charge on any atom is -0.358 e. The summed E-state index contributed by atoms with van der Waals surface area (Å²) in [5.74, 6) is -0.679. The van der Waals surface area contributed by atoms with Gasteiger partial charge in [0, 0.05) is 28.7 Å². The molecule has 0 unspecified atom stereocenters. The number of halogens is 1. The standard InChI is InChI=1S/C23H22FN3O2/c1-12-4-5-15-10-16(22(28)27-21(15)13(12)2)8-9-25-23(29)20-14(3)26-19-7-6-17(24)11-18(19)20/h4-7,10-11,26H,8-9H2,1-3H3,(H,25,29)(H,27,28). The van der Waals surface area contributed by atoms with Gasteiger partial charge in [-0.1, -0.05) is 12.1 Å². The Balaban J connectivity index is 1.54. The fraction of sp³-hybridized carbons (Fsp3) is 0.217. The molecule has 1 amide bonds. The lowest BCUT2D eigenvalue weighted by atomic mass is 10.0. The molecule has 6 heteroatoms. The summed E-state index contributed by atoms with van der Waals surface area (Å²) in [4.78, 5) is 31.2. The molecule has 2 heterocycles. The summed E-state index contributed by atoms with van der Waals surface area (Å²) < 4.78 is 13.6. The monoisotopic (exact) mass is 391 g/mol. The van der Waals surface area contributed by atoms with Crippen molar-refractivity contribution in [1.82, 2.24) is 15.3 Å². The number of benzene rings is 2. The lowest BCUT2D eigenvalue weighted by molar-refractivity contribution is 0.0955. The lowest BCUT2D eigenvalue weighted by Gasteiger charge is -2.09. The molecule has 0 spiro atoms. The smallest absolute Gasteiger partial charge is 0.253 e.